The van der Waals surface area contributed by atoms with Gasteiger partial charge in [-0.15, -0.1) is 0 Å². The number of hydrogen-bond acceptors (Lipinski definition) is 3. The van der Waals surface area contributed by atoms with E-state index in [0.29, 0.717) is 48.9 Å². The van der Waals surface area contributed by atoms with Crippen molar-refractivity contribution in [1.29, 1.82) is 0 Å². The number of nitrogens with zero attached hydrogens (tertiary/aromatic N) is 3. The van der Waals surface area contributed by atoms with Crippen molar-refractivity contribution in [1.82, 2.24) is 14.7 Å². The maximum Gasteiger partial charge on any atom is 0.416 e. The van der Waals surface area contributed by atoms with Crippen LogP contribution in [-0.4, -0.2) is 64.4 Å². The van der Waals surface area contributed by atoms with Gasteiger partial charge in [-0.3, -0.25) is 9.59 Å². The summed E-state index contributed by atoms with van der Waals surface area (Å²) < 4.78 is 95.2. The highest BCUT2D eigenvalue weighted by molar-refractivity contribution is 5.80. The van der Waals surface area contributed by atoms with Crippen LogP contribution in [0.1, 0.15) is 78.9 Å². The number of piperazine rings is 1. The van der Waals surface area contributed by atoms with Crippen molar-refractivity contribution in [3.05, 3.63) is 70.0 Å². The maximum absolute atomic E-state index is 14.0. The highest BCUT2D eigenvalue weighted by atomic mass is 19.4. The zero-order valence-corrected chi connectivity index (χ0v) is 25.6. The normalized spacial score (nSPS) is 21.6. The molecule has 1 aliphatic carbocycles. The molecule has 3 amide bonds. The van der Waals surface area contributed by atoms with Gasteiger partial charge < -0.3 is 19.8 Å². The van der Waals surface area contributed by atoms with Crippen LogP contribution in [0.3, 0.4) is 0 Å². The van der Waals surface area contributed by atoms with E-state index in [9.17, 15) is 45.1 Å². The number of carboxylic acids is 1. The Morgan fingerprint density at radius 3 is 2.04 bits per heavy atom. The highest BCUT2D eigenvalue weighted by Crippen LogP contribution is 2.39. The molecule has 14 heteroatoms. The zero-order chi connectivity index (χ0) is 34.1. The number of carbonyl (C=O) groups is 3. The lowest BCUT2D eigenvalue weighted by Crippen LogP contribution is -2.56. The minimum Gasteiger partial charge on any atom is -0.481 e. The van der Waals surface area contributed by atoms with Crippen molar-refractivity contribution in [2.24, 2.45) is 11.8 Å². The molecule has 0 unspecified atom stereocenters. The molecule has 2 atom stereocenters. The van der Waals surface area contributed by atoms with E-state index in [0.717, 1.165) is 4.90 Å². The van der Waals surface area contributed by atoms with E-state index in [2.05, 4.69) is 0 Å². The molecule has 2 aromatic rings. The van der Waals surface area contributed by atoms with Gasteiger partial charge in [-0.05, 0) is 92.5 Å². The molecule has 0 bridgehead atoms. The smallest absolute Gasteiger partial charge is 0.416 e. The Balaban J connectivity index is 1.59. The summed E-state index contributed by atoms with van der Waals surface area (Å²) in [5, 5.41) is 9.09. The van der Waals surface area contributed by atoms with E-state index in [1.807, 2.05) is 0 Å². The molecule has 2 fully saturated rings. The number of rotatable bonds is 6. The van der Waals surface area contributed by atoms with Crippen molar-refractivity contribution in [2.75, 3.05) is 26.7 Å². The zero-order valence-electron chi connectivity index (χ0n) is 25.6. The van der Waals surface area contributed by atoms with Crippen LogP contribution in [0.2, 0.25) is 0 Å². The van der Waals surface area contributed by atoms with Crippen LogP contribution in [0.25, 0.3) is 0 Å². The SMILES string of the molecule is Cc1cc(F)ccc1[C@H]1CN(C(=O)C2CCC(CC(=O)O)CC2)CCN1C(=O)N(C)[C@H](C)c1cc(C(F)(F)F)cc(C(F)(F)F)c1. The number of urea groups is 1. The third-order valence-electron chi connectivity index (χ3n) is 9.16. The van der Waals surface area contributed by atoms with Gasteiger partial charge >= 0.3 is 24.4 Å². The fraction of sp³-hybridized carbons (Fsp3) is 0.531. The Labute approximate surface area is 261 Å². The second-order valence-electron chi connectivity index (χ2n) is 12.2. The lowest BCUT2D eigenvalue weighted by atomic mass is 9.80. The topological polar surface area (TPSA) is 81.2 Å². The van der Waals surface area contributed by atoms with Crippen molar-refractivity contribution >= 4 is 17.9 Å². The molecule has 252 valence electrons. The van der Waals surface area contributed by atoms with Crippen LogP contribution in [0.5, 0.6) is 0 Å². The van der Waals surface area contributed by atoms with E-state index in [1.54, 1.807) is 11.8 Å². The van der Waals surface area contributed by atoms with Gasteiger partial charge in [-0.1, -0.05) is 6.07 Å². The Morgan fingerprint density at radius 1 is 0.935 bits per heavy atom. The number of amides is 3. The van der Waals surface area contributed by atoms with Crippen LogP contribution in [0.4, 0.5) is 35.5 Å². The summed E-state index contributed by atoms with van der Waals surface area (Å²) in [5.41, 5.74) is -2.31. The van der Waals surface area contributed by atoms with Crippen LogP contribution in [0.15, 0.2) is 36.4 Å². The molecule has 7 nitrogen and oxygen atoms in total. The maximum atomic E-state index is 14.0. The Bertz CT molecular complexity index is 1420. The summed E-state index contributed by atoms with van der Waals surface area (Å²) in [6.45, 7) is 3.13. The summed E-state index contributed by atoms with van der Waals surface area (Å²) in [4.78, 5) is 42.7. The van der Waals surface area contributed by atoms with E-state index in [-0.39, 0.29) is 55.4 Å². The molecule has 4 rings (SSSR count). The molecular weight excluding hydrogens is 623 g/mol. The summed E-state index contributed by atoms with van der Waals surface area (Å²) in [5.74, 6) is -1.88. The number of benzene rings is 2. The summed E-state index contributed by atoms with van der Waals surface area (Å²) in [6, 6.07) is 2.52. The summed E-state index contributed by atoms with van der Waals surface area (Å²) >= 11 is 0. The first-order valence-corrected chi connectivity index (χ1v) is 15.0. The van der Waals surface area contributed by atoms with Gasteiger partial charge in [0.05, 0.1) is 23.2 Å². The van der Waals surface area contributed by atoms with Crippen molar-refractivity contribution in [3.8, 4) is 0 Å². The van der Waals surface area contributed by atoms with Crippen LogP contribution in [0, 0.1) is 24.6 Å². The second kappa shape index (κ2) is 13.5. The first kappa shape index (κ1) is 35.0. The van der Waals surface area contributed by atoms with Crippen molar-refractivity contribution in [3.63, 3.8) is 0 Å². The number of aliphatic carboxylic acids is 1. The number of halogens is 7. The van der Waals surface area contributed by atoms with E-state index >= 15 is 0 Å². The number of alkyl halides is 6. The van der Waals surface area contributed by atoms with E-state index in [4.69, 9.17) is 5.11 Å². The predicted molar refractivity (Wildman–Crippen MR) is 153 cm³/mol. The predicted octanol–water partition coefficient (Wildman–Crippen LogP) is 7.45. The first-order chi connectivity index (χ1) is 21.4. The minimum absolute atomic E-state index is 0.00723. The first-order valence-electron chi connectivity index (χ1n) is 15.0. The van der Waals surface area contributed by atoms with Gasteiger partial charge in [0.2, 0.25) is 5.91 Å². The summed E-state index contributed by atoms with van der Waals surface area (Å²) in [7, 11) is 1.28. The Hall–Kier alpha value is -3.84. The van der Waals surface area contributed by atoms with Crippen molar-refractivity contribution in [2.45, 2.75) is 70.4 Å². The van der Waals surface area contributed by atoms with Gasteiger partial charge in [0.15, 0.2) is 0 Å². The molecule has 0 radical (unpaired) electrons. The van der Waals surface area contributed by atoms with Gasteiger partial charge in [0.1, 0.15) is 5.82 Å². The third-order valence-corrected chi connectivity index (χ3v) is 9.16. The molecule has 1 saturated heterocycles. The molecule has 1 saturated carbocycles. The van der Waals surface area contributed by atoms with Gasteiger partial charge in [-0.25, -0.2) is 9.18 Å². The molecule has 46 heavy (non-hydrogen) atoms. The van der Waals surface area contributed by atoms with E-state index in [1.165, 1.54) is 37.1 Å². The van der Waals surface area contributed by atoms with Crippen molar-refractivity contribution < 1.29 is 50.2 Å². The molecule has 0 spiro atoms. The molecule has 0 aromatic heterocycles. The number of carbonyl (C=O) groups excluding carboxylic acids is 2. The Morgan fingerprint density at radius 2 is 1.52 bits per heavy atom. The molecule has 2 aliphatic rings. The number of aryl methyl sites for hydroxylation is 1. The molecule has 2 aromatic carbocycles. The average Bonchev–Trinajstić information content (AvgIpc) is 2.98. The number of carboxylic acid groups (broad SMARTS) is 1. The van der Waals surface area contributed by atoms with Crippen LogP contribution in [-0.2, 0) is 21.9 Å². The second-order valence-corrected chi connectivity index (χ2v) is 12.2. The molecular formula is C32H36F7N3O4. The highest BCUT2D eigenvalue weighted by Gasteiger charge is 2.41. The quantitative estimate of drug-likeness (QED) is 0.327. The molecule has 1 heterocycles. The van der Waals surface area contributed by atoms with Gasteiger partial charge in [-0.2, -0.15) is 26.3 Å². The van der Waals surface area contributed by atoms with Crippen LogP contribution < -0.4 is 0 Å². The van der Waals surface area contributed by atoms with Gasteiger partial charge in [0.25, 0.3) is 0 Å². The monoisotopic (exact) mass is 659 g/mol. The Kier molecular flexibility index (Phi) is 10.3. The lowest BCUT2D eigenvalue weighted by molar-refractivity contribution is -0.144. The van der Waals surface area contributed by atoms with E-state index < -0.39 is 53.4 Å². The third kappa shape index (κ3) is 7.92. The minimum atomic E-state index is -5.05. The standard InChI is InChI=1S/C32H36F7N3O4/c1-18-12-25(33)8-9-26(18)27-17-41(29(45)21-6-4-20(5-7-21)13-28(43)44)10-11-42(27)30(46)40(3)19(2)22-14-23(31(34,35)36)16-24(15-22)32(37,38)39/h8-9,12,14-16,19-21,27H,4-7,10-11,13,17H2,1-3H3,(H,43,44)/t19-,20?,21?,27-/m1/s1. The molecule has 1 N–H and O–H groups in total. The average molecular weight is 660 g/mol. The summed E-state index contributed by atoms with van der Waals surface area (Å²) in [6.07, 6.45) is -7.84. The fourth-order valence-electron chi connectivity index (χ4n) is 6.42. The number of hydrogen-bond donors (Lipinski definition) is 1. The van der Waals surface area contributed by atoms with Gasteiger partial charge in [0, 0.05) is 39.0 Å². The molecule has 1 aliphatic heterocycles. The fourth-order valence-corrected chi connectivity index (χ4v) is 6.42. The largest absolute Gasteiger partial charge is 0.481 e. The lowest BCUT2D eigenvalue weighted by Gasteiger charge is -2.45. The van der Waals surface area contributed by atoms with Crippen LogP contribution >= 0.6 is 0 Å².